The molecular formula is C14H23NOS. The lowest BCUT2D eigenvalue weighted by molar-refractivity contribution is 0.411. The van der Waals surface area contributed by atoms with E-state index in [-0.39, 0.29) is 6.04 Å². The van der Waals surface area contributed by atoms with E-state index in [0.29, 0.717) is 5.25 Å². The molecule has 0 radical (unpaired) electrons. The van der Waals surface area contributed by atoms with Crippen LogP contribution in [0.15, 0.2) is 18.2 Å². The molecule has 0 heterocycles. The minimum Gasteiger partial charge on any atom is -0.496 e. The number of ether oxygens (including phenoxy) is 1. The summed E-state index contributed by atoms with van der Waals surface area (Å²) >= 11 is 1.96. The first-order valence-electron chi connectivity index (χ1n) is 6.12. The van der Waals surface area contributed by atoms with Gasteiger partial charge in [-0.1, -0.05) is 19.9 Å². The van der Waals surface area contributed by atoms with Gasteiger partial charge in [0, 0.05) is 22.6 Å². The van der Waals surface area contributed by atoms with E-state index in [1.165, 1.54) is 17.5 Å². The van der Waals surface area contributed by atoms with E-state index in [1.54, 1.807) is 7.11 Å². The molecule has 96 valence electrons. The fraction of sp³-hybridized carbons (Fsp3) is 0.571. The Morgan fingerprint density at radius 2 is 2.06 bits per heavy atom. The molecule has 0 fully saturated rings. The van der Waals surface area contributed by atoms with Crippen LogP contribution in [-0.2, 0) is 5.75 Å². The Labute approximate surface area is 109 Å². The largest absolute Gasteiger partial charge is 0.496 e. The summed E-state index contributed by atoms with van der Waals surface area (Å²) in [4.78, 5) is 0. The molecule has 0 aliphatic heterocycles. The Morgan fingerprint density at radius 3 is 2.59 bits per heavy atom. The molecule has 0 spiro atoms. The maximum absolute atomic E-state index is 5.91. The van der Waals surface area contributed by atoms with Gasteiger partial charge in [-0.2, -0.15) is 11.8 Å². The number of thioether (sulfide) groups is 1. The summed E-state index contributed by atoms with van der Waals surface area (Å²) in [7, 11) is 1.72. The second-order valence-corrected chi connectivity index (χ2v) is 5.82. The highest BCUT2D eigenvalue weighted by Crippen LogP contribution is 2.28. The molecule has 0 amide bonds. The average molecular weight is 253 g/mol. The van der Waals surface area contributed by atoms with Crippen molar-refractivity contribution in [2.24, 2.45) is 5.73 Å². The number of benzene rings is 1. The van der Waals surface area contributed by atoms with Crippen molar-refractivity contribution in [3.8, 4) is 5.75 Å². The molecular weight excluding hydrogens is 230 g/mol. The highest BCUT2D eigenvalue weighted by molar-refractivity contribution is 7.99. The SMILES string of the molecule is CCC(C)SCc1cc(C(C)N)ccc1OC. The lowest BCUT2D eigenvalue weighted by Crippen LogP contribution is -2.06. The topological polar surface area (TPSA) is 35.2 Å². The van der Waals surface area contributed by atoms with Gasteiger partial charge in [-0.3, -0.25) is 0 Å². The van der Waals surface area contributed by atoms with E-state index >= 15 is 0 Å². The molecule has 1 aromatic carbocycles. The first-order chi connectivity index (χ1) is 8.08. The van der Waals surface area contributed by atoms with E-state index in [2.05, 4.69) is 19.9 Å². The van der Waals surface area contributed by atoms with Gasteiger partial charge in [-0.05, 0) is 31.0 Å². The van der Waals surface area contributed by atoms with Crippen LogP contribution in [-0.4, -0.2) is 12.4 Å². The van der Waals surface area contributed by atoms with Gasteiger partial charge in [0.15, 0.2) is 0 Å². The standard InChI is InChI=1S/C14H23NOS/c1-5-10(2)17-9-13-8-12(11(3)15)6-7-14(13)16-4/h6-8,10-11H,5,9,15H2,1-4H3. The summed E-state index contributed by atoms with van der Waals surface area (Å²) in [5.41, 5.74) is 8.32. The van der Waals surface area contributed by atoms with Gasteiger partial charge in [-0.15, -0.1) is 0 Å². The van der Waals surface area contributed by atoms with E-state index in [1.807, 2.05) is 30.8 Å². The van der Waals surface area contributed by atoms with Gasteiger partial charge in [0.2, 0.25) is 0 Å². The number of hydrogen-bond donors (Lipinski definition) is 1. The molecule has 1 aromatic rings. The number of hydrogen-bond acceptors (Lipinski definition) is 3. The molecule has 2 N–H and O–H groups in total. The zero-order chi connectivity index (χ0) is 12.8. The van der Waals surface area contributed by atoms with Gasteiger partial charge in [0.05, 0.1) is 7.11 Å². The summed E-state index contributed by atoms with van der Waals surface area (Å²) in [5.74, 6) is 1.95. The molecule has 0 aliphatic rings. The summed E-state index contributed by atoms with van der Waals surface area (Å²) < 4.78 is 5.39. The van der Waals surface area contributed by atoms with Crippen molar-refractivity contribution >= 4 is 11.8 Å². The van der Waals surface area contributed by atoms with E-state index in [4.69, 9.17) is 10.5 Å². The Morgan fingerprint density at radius 1 is 1.35 bits per heavy atom. The molecule has 0 saturated carbocycles. The van der Waals surface area contributed by atoms with Crippen molar-refractivity contribution in [1.82, 2.24) is 0 Å². The van der Waals surface area contributed by atoms with Crippen LogP contribution >= 0.6 is 11.8 Å². The third-order valence-corrected chi connectivity index (χ3v) is 4.31. The molecule has 0 aliphatic carbocycles. The van der Waals surface area contributed by atoms with Crippen LogP contribution in [0, 0.1) is 0 Å². The van der Waals surface area contributed by atoms with Crippen molar-refractivity contribution in [3.63, 3.8) is 0 Å². The number of nitrogens with two attached hydrogens (primary N) is 1. The highest BCUT2D eigenvalue weighted by atomic mass is 32.2. The fourth-order valence-electron chi connectivity index (χ4n) is 1.54. The number of rotatable bonds is 6. The zero-order valence-corrected chi connectivity index (χ0v) is 12.0. The molecule has 0 saturated heterocycles. The van der Waals surface area contributed by atoms with E-state index < -0.39 is 0 Å². The molecule has 2 unspecified atom stereocenters. The van der Waals surface area contributed by atoms with Crippen molar-refractivity contribution in [2.45, 2.75) is 44.2 Å². The average Bonchev–Trinajstić information content (AvgIpc) is 2.35. The van der Waals surface area contributed by atoms with Crippen LogP contribution < -0.4 is 10.5 Å². The second kappa shape index (κ2) is 6.92. The summed E-state index contributed by atoms with van der Waals surface area (Å²) in [5, 5.41) is 0.679. The first-order valence-corrected chi connectivity index (χ1v) is 7.17. The second-order valence-electron chi connectivity index (χ2n) is 4.39. The van der Waals surface area contributed by atoms with Crippen LogP contribution in [0.3, 0.4) is 0 Å². The minimum atomic E-state index is 0.0771. The van der Waals surface area contributed by atoms with Crippen molar-refractivity contribution in [3.05, 3.63) is 29.3 Å². The van der Waals surface area contributed by atoms with Crippen LogP contribution in [0.25, 0.3) is 0 Å². The van der Waals surface area contributed by atoms with Gasteiger partial charge in [0.1, 0.15) is 5.75 Å². The van der Waals surface area contributed by atoms with Crippen LogP contribution in [0.2, 0.25) is 0 Å². The maximum atomic E-state index is 5.91. The van der Waals surface area contributed by atoms with Crippen LogP contribution in [0.4, 0.5) is 0 Å². The zero-order valence-electron chi connectivity index (χ0n) is 11.2. The van der Waals surface area contributed by atoms with Crippen LogP contribution in [0.5, 0.6) is 5.75 Å². The predicted molar refractivity (Wildman–Crippen MR) is 76.6 cm³/mol. The maximum Gasteiger partial charge on any atom is 0.122 e. The molecule has 1 rings (SSSR count). The molecule has 0 bridgehead atoms. The van der Waals surface area contributed by atoms with Gasteiger partial charge in [-0.25, -0.2) is 0 Å². The third-order valence-electron chi connectivity index (χ3n) is 2.93. The lowest BCUT2D eigenvalue weighted by atomic mass is 10.1. The Hall–Kier alpha value is -0.670. The van der Waals surface area contributed by atoms with E-state index in [9.17, 15) is 0 Å². The molecule has 3 heteroatoms. The highest BCUT2D eigenvalue weighted by Gasteiger charge is 2.08. The summed E-state index contributed by atoms with van der Waals surface area (Å²) in [6.07, 6.45) is 1.19. The smallest absolute Gasteiger partial charge is 0.122 e. The predicted octanol–water partition coefficient (Wildman–Crippen LogP) is 3.75. The molecule has 17 heavy (non-hydrogen) atoms. The third kappa shape index (κ3) is 4.25. The van der Waals surface area contributed by atoms with Gasteiger partial charge in [0.25, 0.3) is 0 Å². The van der Waals surface area contributed by atoms with Crippen molar-refractivity contribution in [2.75, 3.05) is 7.11 Å². The lowest BCUT2D eigenvalue weighted by Gasteiger charge is -2.14. The Kier molecular flexibility index (Phi) is 5.86. The fourth-order valence-corrected chi connectivity index (χ4v) is 2.47. The molecule has 2 atom stereocenters. The summed E-state index contributed by atoms with van der Waals surface area (Å²) in [6.45, 7) is 6.48. The quantitative estimate of drug-likeness (QED) is 0.838. The normalized spacial score (nSPS) is 14.4. The van der Waals surface area contributed by atoms with Gasteiger partial charge < -0.3 is 10.5 Å². The van der Waals surface area contributed by atoms with Crippen molar-refractivity contribution < 1.29 is 4.74 Å². The minimum absolute atomic E-state index is 0.0771. The number of methoxy groups -OCH3 is 1. The van der Waals surface area contributed by atoms with Crippen molar-refractivity contribution in [1.29, 1.82) is 0 Å². The summed E-state index contributed by atoms with van der Waals surface area (Å²) in [6, 6.07) is 6.30. The monoisotopic (exact) mass is 253 g/mol. The van der Waals surface area contributed by atoms with Gasteiger partial charge >= 0.3 is 0 Å². The molecule has 2 nitrogen and oxygen atoms in total. The van der Waals surface area contributed by atoms with Crippen LogP contribution in [0.1, 0.15) is 44.4 Å². The molecule has 0 aromatic heterocycles. The Balaban J connectivity index is 2.82. The van der Waals surface area contributed by atoms with E-state index in [0.717, 1.165) is 11.5 Å². The first kappa shape index (κ1) is 14.4. The Bertz CT molecular complexity index is 352.